The molecule has 138 valence electrons. The van der Waals surface area contributed by atoms with Gasteiger partial charge in [0.25, 0.3) is 0 Å². The number of rotatable bonds is 9. The molecule has 0 saturated carbocycles. The van der Waals surface area contributed by atoms with Crippen LogP contribution < -0.4 is 11.1 Å². The third kappa shape index (κ3) is 6.00. The fourth-order valence-corrected chi connectivity index (χ4v) is 3.64. The van der Waals surface area contributed by atoms with E-state index in [2.05, 4.69) is 74.6 Å². The predicted octanol–water partition coefficient (Wildman–Crippen LogP) is 5.49. The molecule has 0 bridgehead atoms. The number of aliphatic imine (C=N–C) groups is 1. The van der Waals surface area contributed by atoms with E-state index in [0.29, 0.717) is 11.4 Å². The minimum absolute atomic E-state index is 0.0654. The normalized spacial score (nSPS) is 15.0. The zero-order valence-corrected chi connectivity index (χ0v) is 17.6. The van der Waals surface area contributed by atoms with E-state index in [1.807, 2.05) is 0 Å². The molecule has 0 rings (SSSR count). The van der Waals surface area contributed by atoms with Crippen molar-refractivity contribution in [2.24, 2.45) is 21.6 Å². The number of hydrogen-bond acceptors (Lipinski definition) is 1. The zero-order chi connectivity index (χ0) is 18.5. The van der Waals surface area contributed by atoms with Gasteiger partial charge >= 0.3 is 0 Å². The van der Waals surface area contributed by atoms with E-state index < -0.39 is 0 Å². The summed E-state index contributed by atoms with van der Waals surface area (Å²) in [5.74, 6) is 0.576. The minimum Gasteiger partial charge on any atom is -0.370 e. The summed E-state index contributed by atoms with van der Waals surface area (Å²) in [4.78, 5) is 4.75. The van der Waals surface area contributed by atoms with Crippen LogP contribution in [0.25, 0.3) is 0 Å². The Kier molecular flexibility index (Phi) is 7.64. The number of nitrogens with two attached hydrogens (primary N) is 1. The van der Waals surface area contributed by atoms with Gasteiger partial charge in [-0.05, 0) is 50.9 Å². The number of nitrogens with one attached hydrogen (secondary N) is 1. The molecule has 23 heavy (non-hydrogen) atoms. The highest BCUT2D eigenvalue weighted by Crippen LogP contribution is 2.48. The Morgan fingerprint density at radius 2 is 1.26 bits per heavy atom. The Morgan fingerprint density at radius 1 is 0.826 bits per heavy atom. The first-order chi connectivity index (χ1) is 10.3. The number of guanidine groups is 1. The highest BCUT2D eigenvalue weighted by Gasteiger charge is 2.41. The molecule has 0 atom stereocenters. The molecular weight excluding hydrogens is 282 g/mol. The van der Waals surface area contributed by atoms with Gasteiger partial charge in [0.15, 0.2) is 5.96 Å². The first-order valence-corrected chi connectivity index (χ1v) is 9.44. The maximum Gasteiger partial charge on any atom is 0.189 e. The molecule has 0 aromatic rings. The maximum absolute atomic E-state index is 6.23. The second kappa shape index (κ2) is 7.90. The summed E-state index contributed by atoms with van der Waals surface area (Å²) >= 11 is 0. The van der Waals surface area contributed by atoms with Gasteiger partial charge < -0.3 is 11.1 Å². The molecule has 3 heteroatoms. The van der Waals surface area contributed by atoms with Crippen molar-refractivity contribution < 1.29 is 0 Å². The number of hydrogen-bond donors (Lipinski definition) is 2. The van der Waals surface area contributed by atoms with Gasteiger partial charge in [0.2, 0.25) is 0 Å². The summed E-state index contributed by atoms with van der Waals surface area (Å²) in [5, 5.41) is 3.48. The van der Waals surface area contributed by atoms with E-state index >= 15 is 0 Å². The zero-order valence-electron chi connectivity index (χ0n) is 17.6. The average Bonchev–Trinajstić information content (AvgIpc) is 2.43. The fraction of sp³-hybridized carbons (Fsp3) is 0.950. The molecule has 0 saturated heterocycles. The van der Waals surface area contributed by atoms with Crippen LogP contribution in [0.15, 0.2) is 4.99 Å². The second-order valence-corrected chi connectivity index (χ2v) is 9.04. The monoisotopic (exact) mass is 325 g/mol. The predicted molar refractivity (Wildman–Crippen MR) is 105 cm³/mol. The fourth-order valence-electron chi connectivity index (χ4n) is 3.64. The van der Waals surface area contributed by atoms with Gasteiger partial charge in [0.05, 0.1) is 5.54 Å². The van der Waals surface area contributed by atoms with Gasteiger partial charge in [-0.25, -0.2) is 4.99 Å². The lowest BCUT2D eigenvalue weighted by molar-refractivity contribution is 0.0456. The van der Waals surface area contributed by atoms with Gasteiger partial charge in [0, 0.05) is 5.54 Å². The largest absolute Gasteiger partial charge is 0.370 e. The van der Waals surface area contributed by atoms with Gasteiger partial charge in [-0.2, -0.15) is 0 Å². The second-order valence-electron chi connectivity index (χ2n) is 9.04. The molecule has 0 heterocycles. The first kappa shape index (κ1) is 22.3. The van der Waals surface area contributed by atoms with Crippen LogP contribution in [0.3, 0.4) is 0 Å². The summed E-state index contributed by atoms with van der Waals surface area (Å²) < 4.78 is 0. The van der Waals surface area contributed by atoms with Crippen LogP contribution in [0.4, 0.5) is 0 Å². The van der Waals surface area contributed by atoms with E-state index in [0.717, 1.165) is 19.3 Å². The topological polar surface area (TPSA) is 50.4 Å². The maximum atomic E-state index is 6.23. The van der Waals surface area contributed by atoms with Crippen molar-refractivity contribution in [3.05, 3.63) is 0 Å². The van der Waals surface area contributed by atoms with Crippen molar-refractivity contribution in [2.45, 2.75) is 112 Å². The molecule has 0 aliphatic heterocycles. The highest BCUT2D eigenvalue weighted by molar-refractivity contribution is 5.79. The van der Waals surface area contributed by atoms with Gasteiger partial charge in [-0.15, -0.1) is 0 Å². The Hall–Kier alpha value is -0.730. The third-order valence-electron chi connectivity index (χ3n) is 6.46. The minimum atomic E-state index is -0.0783. The molecule has 0 radical (unpaired) electrons. The summed E-state index contributed by atoms with van der Waals surface area (Å²) in [7, 11) is 0. The van der Waals surface area contributed by atoms with Crippen LogP contribution in [0.5, 0.6) is 0 Å². The van der Waals surface area contributed by atoms with E-state index in [-0.39, 0.29) is 16.5 Å². The quantitative estimate of drug-likeness (QED) is 0.435. The molecule has 0 spiro atoms. The standard InChI is InChI=1S/C20H43N3/c1-11-19(9,12-2)17(5,6)15-18(7,8)22-16(21)23-20(10,13-3)14-4/h11-15H2,1-10H3,(H3,21,22,23). The van der Waals surface area contributed by atoms with Crippen LogP contribution in [0.2, 0.25) is 0 Å². The van der Waals surface area contributed by atoms with Crippen LogP contribution in [-0.4, -0.2) is 17.0 Å². The molecule has 0 aliphatic carbocycles. The molecule has 0 unspecified atom stereocenters. The molecular formula is C20H43N3. The summed E-state index contributed by atoms with van der Waals surface area (Å²) in [6, 6.07) is 0. The lowest BCUT2D eigenvalue weighted by Gasteiger charge is -2.48. The molecule has 0 aliphatic rings. The summed E-state index contributed by atoms with van der Waals surface area (Å²) in [6.45, 7) is 22.8. The first-order valence-electron chi connectivity index (χ1n) is 9.44. The molecule has 3 nitrogen and oxygen atoms in total. The average molecular weight is 326 g/mol. The lowest BCUT2D eigenvalue weighted by atomic mass is 9.59. The van der Waals surface area contributed by atoms with Crippen LogP contribution in [0.1, 0.15) is 101 Å². The van der Waals surface area contributed by atoms with Crippen LogP contribution >= 0.6 is 0 Å². The Balaban J connectivity index is 5.19. The molecule has 3 N–H and O–H groups in total. The van der Waals surface area contributed by atoms with Crippen molar-refractivity contribution in [3.63, 3.8) is 0 Å². The van der Waals surface area contributed by atoms with E-state index in [9.17, 15) is 0 Å². The van der Waals surface area contributed by atoms with E-state index in [4.69, 9.17) is 10.7 Å². The summed E-state index contributed by atoms with van der Waals surface area (Å²) in [6.07, 6.45) is 5.45. The molecule has 0 fully saturated rings. The Bertz CT molecular complexity index is 386. The Labute approximate surface area is 145 Å². The van der Waals surface area contributed by atoms with Gasteiger partial charge in [0.1, 0.15) is 0 Å². The summed E-state index contributed by atoms with van der Waals surface area (Å²) in [5.41, 5.74) is 6.65. The molecule has 0 aromatic carbocycles. The van der Waals surface area contributed by atoms with Crippen molar-refractivity contribution >= 4 is 5.96 Å². The third-order valence-corrected chi connectivity index (χ3v) is 6.46. The van der Waals surface area contributed by atoms with Crippen molar-refractivity contribution in [1.29, 1.82) is 0 Å². The van der Waals surface area contributed by atoms with E-state index in [1.165, 1.54) is 12.8 Å². The van der Waals surface area contributed by atoms with Crippen molar-refractivity contribution in [2.75, 3.05) is 0 Å². The lowest BCUT2D eigenvalue weighted by Crippen LogP contribution is -2.52. The molecule has 0 amide bonds. The SMILES string of the molecule is CCC(C)(CC)N=C(N)NC(C)(C)CC(C)(C)C(C)(CC)CC. The number of nitrogens with zero attached hydrogens (tertiary/aromatic N) is 1. The van der Waals surface area contributed by atoms with Crippen molar-refractivity contribution in [1.82, 2.24) is 5.32 Å². The van der Waals surface area contributed by atoms with Gasteiger partial charge in [-0.3, -0.25) is 0 Å². The van der Waals surface area contributed by atoms with Crippen LogP contribution in [0, 0.1) is 10.8 Å². The highest BCUT2D eigenvalue weighted by atomic mass is 15.2. The van der Waals surface area contributed by atoms with Gasteiger partial charge in [-0.1, -0.05) is 61.3 Å². The Morgan fingerprint density at radius 3 is 1.61 bits per heavy atom. The van der Waals surface area contributed by atoms with E-state index in [1.54, 1.807) is 0 Å². The van der Waals surface area contributed by atoms with Crippen molar-refractivity contribution in [3.8, 4) is 0 Å². The van der Waals surface area contributed by atoms with Crippen LogP contribution in [-0.2, 0) is 0 Å². The molecule has 0 aromatic heterocycles. The smallest absolute Gasteiger partial charge is 0.189 e.